The molecule has 1 aromatic carbocycles. The van der Waals surface area contributed by atoms with Gasteiger partial charge in [-0.2, -0.15) is 5.10 Å². The van der Waals surface area contributed by atoms with Crippen molar-refractivity contribution >= 4 is 27.3 Å². The van der Waals surface area contributed by atoms with Gasteiger partial charge in [-0.15, -0.1) is 0 Å². The number of para-hydroxylation sites is 1. The number of nitrogens with zero attached hydrogens (tertiary/aromatic N) is 3. The first-order valence-corrected chi connectivity index (χ1v) is 7.61. The van der Waals surface area contributed by atoms with E-state index in [2.05, 4.69) is 31.4 Å². The molecule has 0 saturated carbocycles. The van der Waals surface area contributed by atoms with Crippen molar-refractivity contribution in [1.29, 1.82) is 0 Å². The smallest absolute Gasteiger partial charge is 0.268 e. The summed E-state index contributed by atoms with van der Waals surface area (Å²) in [5.74, 6) is 0.644. The van der Waals surface area contributed by atoms with Gasteiger partial charge in [0.15, 0.2) is 5.82 Å². The van der Waals surface area contributed by atoms with E-state index >= 15 is 0 Å². The maximum absolute atomic E-state index is 12.2. The molecule has 3 rings (SSSR count). The number of halogens is 1. The molecule has 1 atom stereocenters. The molecule has 0 amide bonds. The van der Waals surface area contributed by atoms with Crippen molar-refractivity contribution in [1.82, 2.24) is 9.55 Å². The van der Waals surface area contributed by atoms with Crippen LogP contribution in [0.5, 0.6) is 0 Å². The Morgan fingerprint density at radius 3 is 2.90 bits per heavy atom. The second-order valence-electron chi connectivity index (χ2n) is 5.03. The zero-order chi connectivity index (χ0) is 14.8. The van der Waals surface area contributed by atoms with Crippen LogP contribution in [0, 0.1) is 0 Å². The second kappa shape index (κ2) is 5.81. The van der Waals surface area contributed by atoms with Crippen LogP contribution in [0.2, 0.25) is 0 Å². The number of benzene rings is 1. The van der Waals surface area contributed by atoms with Gasteiger partial charge < -0.3 is 0 Å². The van der Waals surface area contributed by atoms with E-state index < -0.39 is 0 Å². The van der Waals surface area contributed by atoms with Crippen LogP contribution in [-0.4, -0.2) is 15.3 Å². The quantitative estimate of drug-likeness (QED) is 0.849. The summed E-state index contributed by atoms with van der Waals surface area (Å²) in [5, 5.41) is 4.43. The summed E-state index contributed by atoms with van der Waals surface area (Å²) in [6, 6.07) is 9.86. The normalized spacial score (nSPS) is 19.3. The summed E-state index contributed by atoms with van der Waals surface area (Å²) < 4.78 is 2.19. The standard InChI is InChI=1S/C15H15BrN4O/c1-10-7-8-13(19-18-11-5-3-2-4-6-11)14-17-9-12(16)15(21)20(10)14/h2-6,9-10,18H,7-8H2,1H3. The third-order valence-corrected chi connectivity index (χ3v) is 4.09. The number of anilines is 1. The maximum Gasteiger partial charge on any atom is 0.268 e. The van der Waals surface area contributed by atoms with E-state index in [4.69, 9.17) is 0 Å². The van der Waals surface area contributed by atoms with Crippen molar-refractivity contribution < 1.29 is 0 Å². The summed E-state index contributed by atoms with van der Waals surface area (Å²) in [6.45, 7) is 2.03. The van der Waals surface area contributed by atoms with Gasteiger partial charge in [0.2, 0.25) is 0 Å². The van der Waals surface area contributed by atoms with Crippen molar-refractivity contribution in [3.05, 3.63) is 57.2 Å². The number of hydrogen-bond donors (Lipinski definition) is 1. The van der Waals surface area contributed by atoms with Crippen LogP contribution in [-0.2, 0) is 0 Å². The zero-order valence-electron chi connectivity index (χ0n) is 11.6. The molecule has 0 fully saturated rings. The van der Waals surface area contributed by atoms with E-state index in [-0.39, 0.29) is 11.6 Å². The average Bonchev–Trinajstić information content (AvgIpc) is 2.51. The van der Waals surface area contributed by atoms with E-state index in [1.54, 1.807) is 10.8 Å². The Morgan fingerprint density at radius 2 is 2.14 bits per heavy atom. The van der Waals surface area contributed by atoms with Crippen molar-refractivity contribution in [2.75, 3.05) is 5.43 Å². The molecule has 0 bridgehead atoms. The van der Waals surface area contributed by atoms with Crippen LogP contribution in [0.15, 0.2) is 50.9 Å². The zero-order valence-corrected chi connectivity index (χ0v) is 13.2. The second-order valence-corrected chi connectivity index (χ2v) is 5.88. The van der Waals surface area contributed by atoms with E-state index in [1.165, 1.54) is 0 Å². The third kappa shape index (κ3) is 2.76. The van der Waals surface area contributed by atoms with Crippen LogP contribution in [0.3, 0.4) is 0 Å². The number of hydrogen-bond acceptors (Lipinski definition) is 4. The molecule has 21 heavy (non-hydrogen) atoms. The highest BCUT2D eigenvalue weighted by Gasteiger charge is 2.24. The van der Waals surface area contributed by atoms with Gasteiger partial charge in [0.1, 0.15) is 10.2 Å². The summed E-state index contributed by atoms with van der Waals surface area (Å²) in [6.07, 6.45) is 3.22. The molecular formula is C15H15BrN4O. The van der Waals surface area contributed by atoms with Gasteiger partial charge in [-0.25, -0.2) is 4.98 Å². The number of nitrogens with one attached hydrogen (secondary N) is 1. The number of rotatable bonds is 2. The summed E-state index contributed by atoms with van der Waals surface area (Å²) in [4.78, 5) is 16.6. The van der Waals surface area contributed by atoms with Gasteiger partial charge in [-0.3, -0.25) is 14.8 Å². The van der Waals surface area contributed by atoms with E-state index in [1.807, 2.05) is 37.3 Å². The van der Waals surface area contributed by atoms with Gasteiger partial charge in [0.25, 0.3) is 5.56 Å². The van der Waals surface area contributed by atoms with Gasteiger partial charge in [0.05, 0.1) is 5.69 Å². The van der Waals surface area contributed by atoms with Crippen LogP contribution in [0.4, 0.5) is 5.69 Å². The molecule has 6 heteroatoms. The Balaban J connectivity index is 1.98. The van der Waals surface area contributed by atoms with E-state index in [9.17, 15) is 4.79 Å². The predicted octanol–water partition coefficient (Wildman–Crippen LogP) is 3.18. The monoisotopic (exact) mass is 346 g/mol. The molecule has 2 aromatic rings. The summed E-state index contributed by atoms with van der Waals surface area (Å²) in [5.41, 5.74) is 4.69. The fourth-order valence-electron chi connectivity index (χ4n) is 2.41. The van der Waals surface area contributed by atoms with Gasteiger partial charge in [0, 0.05) is 12.2 Å². The molecule has 1 unspecified atom stereocenters. The highest BCUT2D eigenvalue weighted by Crippen LogP contribution is 2.22. The number of hydrazone groups is 1. The van der Waals surface area contributed by atoms with Gasteiger partial charge in [-0.05, 0) is 47.8 Å². The van der Waals surface area contributed by atoms with Crippen LogP contribution in [0.1, 0.15) is 31.6 Å². The molecule has 1 aliphatic rings. The first-order chi connectivity index (χ1) is 10.2. The number of fused-ring (bicyclic) bond motifs is 1. The maximum atomic E-state index is 12.2. The molecule has 0 saturated heterocycles. The van der Waals surface area contributed by atoms with Crippen LogP contribution in [0.25, 0.3) is 0 Å². The van der Waals surface area contributed by atoms with E-state index in [0.717, 1.165) is 24.2 Å². The first kappa shape index (κ1) is 14.0. The fraction of sp³-hybridized carbons (Fsp3) is 0.267. The van der Waals surface area contributed by atoms with Gasteiger partial charge >= 0.3 is 0 Å². The molecule has 1 aliphatic heterocycles. The Hall–Kier alpha value is -1.95. The lowest BCUT2D eigenvalue weighted by Crippen LogP contribution is -2.34. The van der Waals surface area contributed by atoms with Crippen molar-refractivity contribution in [3.63, 3.8) is 0 Å². The first-order valence-electron chi connectivity index (χ1n) is 6.82. The Morgan fingerprint density at radius 1 is 1.38 bits per heavy atom. The number of aromatic nitrogens is 2. The van der Waals surface area contributed by atoms with E-state index in [0.29, 0.717) is 10.3 Å². The minimum atomic E-state index is -0.0559. The molecule has 5 nitrogen and oxygen atoms in total. The van der Waals surface area contributed by atoms with Crippen molar-refractivity contribution in [2.24, 2.45) is 5.10 Å². The fourth-order valence-corrected chi connectivity index (χ4v) is 2.70. The third-order valence-electron chi connectivity index (χ3n) is 3.54. The minimum Gasteiger partial charge on any atom is -0.288 e. The SMILES string of the molecule is CC1CCC(=NNc2ccccc2)c2ncc(Br)c(=O)n21. The van der Waals surface area contributed by atoms with Crippen molar-refractivity contribution in [3.8, 4) is 0 Å². The summed E-state index contributed by atoms with van der Waals surface area (Å²) in [7, 11) is 0. The Bertz CT molecular complexity index is 739. The van der Waals surface area contributed by atoms with Gasteiger partial charge in [-0.1, -0.05) is 18.2 Å². The topological polar surface area (TPSA) is 59.3 Å². The molecular weight excluding hydrogens is 332 g/mol. The molecule has 0 spiro atoms. The highest BCUT2D eigenvalue weighted by atomic mass is 79.9. The molecule has 108 valence electrons. The molecule has 2 heterocycles. The largest absolute Gasteiger partial charge is 0.288 e. The van der Waals surface area contributed by atoms with Crippen LogP contribution < -0.4 is 11.0 Å². The molecule has 1 aromatic heterocycles. The lowest BCUT2D eigenvalue weighted by molar-refractivity contribution is 0.469. The lowest BCUT2D eigenvalue weighted by atomic mass is 10.0. The molecule has 0 aliphatic carbocycles. The highest BCUT2D eigenvalue weighted by molar-refractivity contribution is 9.10. The lowest BCUT2D eigenvalue weighted by Gasteiger charge is -2.25. The average molecular weight is 347 g/mol. The molecule has 1 N–H and O–H groups in total. The predicted molar refractivity (Wildman–Crippen MR) is 86.7 cm³/mol. The van der Waals surface area contributed by atoms with Crippen molar-refractivity contribution in [2.45, 2.75) is 25.8 Å². The molecule has 0 radical (unpaired) electrons. The Kier molecular flexibility index (Phi) is 3.88. The summed E-state index contributed by atoms with van der Waals surface area (Å²) >= 11 is 3.25. The Labute approximate surface area is 130 Å². The minimum absolute atomic E-state index is 0.0559. The van der Waals surface area contributed by atoms with Crippen LogP contribution >= 0.6 is 15.9 Å².